The first-order valence-electron chi connectivity index (χ1n) is 8.36. The molecule has 0 bridgehead atoms. The number of nitrogens with zero attached hydrogens (tertiary/aromatic N) is 6. The Morgan fingerprint density at radius 2 is 2.21 bits per heavy atom. The van der Waals surface area contributed by atoms with Gasteiger partial charge in [0.05, 0.1) is 42.4 Å². The molecular weight excluding hydrogens is 376 g/mol. The summed E-state index contributed by atoms with van der Waals surface area (Å²) in [6.45, 7) is -0.0469. The molecule has 2 aromatic heterocycles. The summed E-state index contributed by atoms with van der Waals surface area (Å²) in [6.07, 6.45) is 4.97. The number of aliphatic hydroxyl groups is 1. The van der Waals surface area contributed by atoms with Crippen LogP contribution in [0.1, 0.15) is 11.3 Å². The number of hydrogen-bond donors (Lipinski definition) is 3. The van der Waals surface area contributed by atoms with E-state index in [4.69, 9.17) is 18.0 Å². The summed E-state index contributed by atoms with van der Waals surface area (Å²) in [4.78, 5) is 13.2. The van der Waals surface area contributed by atoms with Gasteiger partial charge in [-0.15, -0.1) is 0 Å². The van der Waals surface area contributed by atoms with Crippen molar-refractivity contribution in [3.8, 4) is 11.4 Å². The molecule has 144 valence electrons. The molecule has 0 radical (unpaired) electrons. The Hall–Kier alpha value is -3.37. The number of aliphatic hydroxyl groups excluding tert-OH is 1. The standard InChI is InChI=1S/C18H20N8OS/c1-25-11-20-9-16(25)15-7-14(8-21-26(2)17(19)28)23-18(24-15)22-13-5-3-4-12(6-13)10-27/h3-9,11,27H,10H2,1-2H3,(H2,19,28)(H,22,23,24)/b21-8+. The number of hydrogen-bond acceptors (Lipinski definition) is 7. The number of nitrogens with two attached hydrogens (primary N) is 1. The quantitative estimate of drug-likeness (QED) is 0.327. The van der Waals surface area contributed by atoms with Crippen molar-refractivity contribution in [2.24, 2.45) is 17.9 Å². The number of nitrogens with one attached hydrogen (secondary N) is 1. The van der Waals surface area contributed by atoms with Crippen LogP contribution >= 0.6 is 12.2 Å². The van der Waals surface area contributed by atoms with E-state index in [2.05, 4.69) is 25.4 Å². The van der Waals surface area contributed by atoms with E-state index in [9.17, 15) is 5.11 Å². The number of aromatic nitrogens is 4. The molecule has 3 rings (SSSR count). The monoisotopic (exact) mass is 396 g/mol. The molecule has 9 nitrogen and oxygen atoms in total. The van der Waals surface area contributed by atoms with Gasteiger partial charge in [-0.05, 0) is 36.0 Å². The van der Waals surface area contributed by atoms with Crippen molar-refractivity contribution in [3.63, 3.8) is 0 Å². The van der Waals surface area contributed by atoms with Gasteiger partial charge in [0.25, 0.3) is 0 Å². The average Bonchev–Trinajstić information content (AvgIpc) is 3.12. The van der Waals surface area contributed by atoms with Crippen LogP contribution in [0.3, 0.4) is 0 Å². The summed E-state index contributed by atoms with van der Waals surface area (Å²) in [7, 11) is 3.54. The van der Waals surface area contributed by atoms with E-state index in [0.29, 0.717) is 17.3 Å². The first-order valence-corrected chi connectivity index (χ1v) is 8.77. The van der Waals surface area contributed by atoms with Crippen LogP contribution in [0.2, 0.25) is 0 Å². The zero-order valence-corrected chi connectivity index (χ0v) is 16.3. The van der Waals surface area contributed by atoms with E-state index in [1.165, 1.54) is 5.01 Å². The van der Waals surface area contributed by atoms with Gasteiger partial charge in [0.1, 0.15) is 0 Å². The Bertz CT molecular complexity index is 1020. The largest absolute Gasteiger partial charge is 0.392 e. The molecule has 0 unspecified atom stereocenters. The third-order valence-electron chi connectivity index (χ3n) is 3.87. The molecule has 28 heavy (non-hydrogen) atoms. The van der Waals surface area contributed by atoms with Gasteiger partial charge in [-0.2, -0.15) is 5.10 Å². The minimum atomic E-state index is -0.0469. The Morgan fingerprint density at radius 3 is 2.89 bits per heavy atom. The molecular formula is C18H20N8OS. The topological polar surface area (TPSA) is 117 Å². The molecule has 1 aromatic carbocycles. The number of rotatable bonds is 6. The Balaban J connectivity index is 1.99. The van der Waals surface area contributed by atoms with Crippen LogP contribution in [-0.4, -0.2) is 48.0 Å². The number of aryl methyl sites for hydroxylation is 1. The van der Waals surface area contributed by atoms with Gasteiger partial charge >= 0.3 is 0 Å². The van der Waals surface area contributed by atoms with Crippen molar-refractivity contribution in [2.75, 3.05) is 12.4 Å². The van der Waals surface area contributed by atoms with Crippen molar-refractivity contribution >= 4 is 35.2 Å². The van der Waals surface area contributed by atoms with Gasteiger partial charge in [0.2, 0.25) is 5.95 Å². The van der Waals surface area contributed by atoms with Crippen LogP contribution < -0.4 is 11.1 Å². The predicted octanol–water partition coefficient (Wildman–Crippen LogP) is 1.62. The van der Waals surface area contributed by atoms with E-state index >= 15 is 0 Å². The van der Waals surface area contributed by atoms with E-state index in [0.717, 1.165) is 16.9 Å². The zero-order chi connectivity index (χ0) is 20.1. The number of hydrazone groups is 1. The highest BCUT2D eigenvalue weighted by Gasteiger charge is 2.10. The maximum absolute atomic E-state index is 9.33. The molecule has 0 saturated carbocycles. The molecule has 0 amide bonds. The predicted molar refractivity (Wildman–Crippen MR) is 112 cm³/mol. The zero-order valence-electron chi connectivity index (χ0n) is 15.4. The second-order valence-corrected chi connectivity index (χ2v) is 6.40. The minimum absolute atomic E-state index is 0.0469. The molecule has 0 aliphatic carbocycles. The lowest BCUT2D eigenvalue weighted by molar-refractivity contribution is 0.282. The number of benzene rings is 1. The smallest absolute Gasteiger partial charge is 0.228 e. The van der Waals surface area contributed by atoms with Gasteiger partial charge in [0.15, 0.2) is 5.11 Å². The van der Waals surface area contributed by atoms with Crippen LogP contribution in [0, 0.1) is 0 Å². The lowest BCUT2D eigenvalue weighted by atomic mass is 10.2. The normalized spacial score (nSPS) is 11.0. The first-order chi connectivity index (χ1) is 13.5. The maximum atomic E-state index is 9.33. The van der Waals surface area contributed by atoms with Crippen molar-refractivity contribution in [3.05, 3.63) is 54.1 Å². The van der Waals surface area contributed by atoms with Crippen LogP contribution in [-0.2, 0) is 13.7 Å². The van der Waals surface area contributed by atoms with Crippen molar-refractivity contribution < 1.29 is 5.11 Å². The van der Waals surface area contributed by atoms with E-state index in [-0.39, 0.29) is 11.7 Å². The van der Waals surface area contributed by atoms with Gasteiger partial charge in [-0.25, -0.2) is 20.0 Å². The van der Waals surface area contributed by atoms with Crippen LogP contribution in [0.5, 0.6) is 0 Å². The first kappa shape index (κ1) is 19.4. The minimum Gasteiger partial charge on any atom is -0.392 e. The molecule has 2 heterocycles. The van der Waals surface area contributed by atoms with Crippen molar-refractivity contribution in [1.82, 2.24) is 24.5 Å². The van der Waals surface area contributed by atoms with Crippen molar-refractivity contribution in [2.45, 2.75) is 6.61 Å². The Morgan fingerprint density at radius 1 is 1.39 bits per heavy atom. The summed E-state index contributed by atoms with van der Waals surface area (Å²) < 4.78 is 1.86. The second kappa shape index (κ2) is 8.55. The summed E-state index contributed by atoms with van der Waals surface area (Å²) in [6, 6.07) is 9.17. The van der Waals surface area contributed by atoms with Gasteiger partial charge in [-0.1, -0.05) is 12.1 Å². The maximum Gasteiger partial charge on any atom is 0.228 e. The number of thiocarbonyl (C=S) groups is 1. The van der Waals surface area contributed by atoms with Gasteiger partial charge < -0.3 is 20.7 Å². The molecule has 0 aliphatic rings. The van der Waals surface area contributed by atoms with Crippen LogP contribution in [0.15, 0.2) is 48.0 Å². The Labute approximate surface area is 167 Å². The molecule has 0 saturated heterocycles. The van der Waals surface area contributed by atoms with Crippen LogP contribution in [0.4, 0.5) is 11.6 Å². The number of imidazole rings is 1. The van der Waals surface area contributed by atoms with Crippen molar-refractivity contribution in [1.29, 1.82) is 0 Å². The van der Waals surface area contributed by atoms with E-state index in [1.54, 1.807) is 31.9 Å². The van der Waals surface area contributed by atoms with Gasteiger partial charge in [0, 0.05) is 19.8 Å². The molecule has 3 aromatic rings. The molecule has 0 aliphatic heterocycles. The molecule has 0 atom stereocenters. The highest BCUT2D eigenvalue weighted by molar-refractivity contribution is 7.80. The number of anilines is 2. The third-order valence-corrected chi connectivity index (χ3v) is 4.14. The summed E-state index contributed by atoms with van der Waals surface area (Å²) in [5.74, 6) is 0.383. The third kappa shape index (κ3) is 4.67. The molecule has 4 N–H and O–H groups in total. The fourth-order valence-electron chi connectivity index (χ4n) is 2.40. The molecule has 10 heteroatoms. The van der Waals surface area contributed by atoms with Gasteiger partial charge in [-0.3, -0.25) is 0 Å². The second-order valence-electron chi connectivity index (χ2n) is 5.98. The highest BCUT2D eigenvalue weighted by Crippen LogP contribution is 2.21. The van der Waals surface area contributed by atoms with E-state index < -0.39 is 0 Å². The molecule has 0 spiro atoms. The highest BCUT2D eigenvalue weighted by atomic mass is 32.1. The molecule has 0 fully saturated rings. The lowest BCUT2D eigenvalue weighted by Gasteiger charge is -2.11. The fraction of sp³-hybridized carbons (Fsp3) is 0.167. The fourth-order valence-corrected chi connectivity index (χ4v) is 2.45. The SMILES string of the molecule is CN(/N=C/c1cc(-c2cncn2C)nc(Nc2cccc(CO)c2)n1)C(N)=S. The summed E-state index contributed by atoms with van der Waals surface area (Å²) in [5.41, 5.74) is 9.17. The summed E-state index contributed by atoms with van der Waals surface area (Å²) >= 11 is 4.89. The lowest BCUT2D eigenvalue weighted by Crippen LogP contribution is -2.27. The van der Waals surface area contributed by atoms with Crippen LogP contribution in [0.25, 0.3) is 11.4 Å². The van der Waals surface area contributed by atoms with E-state index in [1.807, 2.05) is 35.9 Å². The average molecular weight is 396 g/mol. The summed E-state index contributed by atoms with van der Waals surface area (Å²) in [5, 5.41) is 18.2. The Kier molecular flexibility index (Phi) is 5.92.